The van der Waals surface area contributed by atoms with Crippen LogP contribution in [0.3, 0.4) is 0 Å². The maximum absolute atomic E-state index is 10.9. The summed E-state index contributed by atoms with van der Waals surface area (Å²) in [5.41, 5.74) is 5.85. The molecule has 2 rings (SSSR count). The van der Waals surface area contributed by atoms with Crippen LogP contribution in [0.4, 0.5) is 11.4 Å². The van der Waals surface area contributed by atoms with Crippen LogP contribution in [0.5, 0.6) is 17.2 Å². The first kappa shape index (κ1) is 12.6. The summed E-state index contributed by atoms with van der Waals surface area (Å²) in [7, 11) is 1.36. The fourth-order valence-electron chi connectivity index (χ4n) is 1.49. The summed E-state index contributed by atoms with van der Waals surface area (Å²) in [4.78, 5) is 14.2. The van der Waals surface area contributed by atoms with E-state index in [1.807, 2.05) is 0 Å². The van der Waals surface area contributed by atoms with Gasteiger partial charge in [0.2, 0.25) is 0 Å². The summed E-state index contributed by atoms with van der Waals surface area (Å²) < 4.78 is 10.4. The highest BCUT2D eigenvalue weighted by Crippen LogP contribution is 2.34. The Kier molecular flexibility index (Phi) is 3.46. The van der Waals surface area contributed by atoms with Gasteiger partial charge >= 0.3 is 5.69 Å². The van der Waals surface area contributed by atoms with Crippen LogP contribution in [0.15, 0.2) is 36.7 Å². The fourth-order valence-corrected chi connectivity index (χ4v) is 1.49. The van der Waals surface area contributed by atoms with Gasteiger partial charge in [0, 0.05) is 12.3 Å². The molecule has 0 spiro atoms. The number of aromatic nitrogens is 1. The number of anilines is 1. The van der Waals surface area contributed by atoms with E-state index in [9.17, 15) is 10.1 Å². The monoisotopic (exact) mass is 261 g/mol. The average molecular weight is 261 g/mol. The Morgan fingerprint density at radius 3 is 2.74 bits per heavy atom. The molecule has 0 aliphatic heterocycles. The number of methoxy groups -OCH3 is 1. The molecule has 2 N–H and O–H groups in total. The first-order valence-electron chi connectivity index (χ1n) is 5.31. The molecule has 0 atom stereocenters. The molecule has 7 heteroatoms. The number of nitrogens with zero attached hydrogens (tertiary/aromatic N) is 2. The van der Waals surface area contributed by atoms with Crippen LogP contribution in [0.1, 0.15) is 0 Å². The van der Waals surface area contributed by atoms with E-state index in [4.69, 9.17) is 15.2 Å². The smallest absolute Gasteiger partial charge is 0.314 e. The average Bonchev–Trinajstić information content (AvgIpc) is 2.41. The van der Waals surface area contributed by atoms with Crippen molar-refractivity contribution < 1.29 is 14.4 Å². The van der Waals surface area contributed by atoms with Crippen LogP contribution in [0, 0.1) is 10.1 Å². The molecular weight excluding hydrogens is 250 g/mol. The molecule has 98 valence electrons. The number of nitro groups is 1. The second-order valence-electron chi connectivity index (χ2n) is 3.61. The van der Waals surface area contributed by atoms with Gasteiger partial charge in [-0.1, -0.05) is 0 Å². The highest BCUT2D eigenvalue weighted by molar-refractivity contribution is 5.55. The number of nitrogens with two attached hydrogens (primary N) is 1. The van der Waals surface area contributed by atoms with Gasteiger partial charge in [-0.25, -0.2) is 0 Å². The molecule has 1 aromatic heterocycles. The van der Waals surface area contributed by atoms with Crippen molar-refractivity contribution in [2.75, 3.05) is 12.8 Å². The zero-order valence-electron chi connectivity index (χ0n) is 10.1. The Morgan fingerprint density at radius 2 is 2.11 bits per heavy atom. The third-order valence-corrected chi connectivity index (χ3v) is 2.38. The van der Waals surface area contributed by atoms with Gasteiger partial charge in [0.25, 0.3) is 0 Å². The number of hydrogen-bond acceptors (Lipinski definition) is 6. The molecule has 0 saturated heterocycles. The first-order chi connectivity index (χ1) is 9.11. The molecule has 0 aliphatic carbocycles. The molecule has 0 radical (unpaired) electrons. The van der Waals surface area contributed by atoms with Crippen LogP contribution in [-0.2, 0) is 0 Å². The van der Waals surface area contributed by atoms with Crippen molar-refractivity contribution in [3.8, 4) is 17.2 Å². The summed E-state index contributed by atoms with van der Waals surface area (Å²) in [6, 6.07) is 5.88. The molecule has 1 heterocycles. The number of benzene rings is 1. The number of pyridine rings is 1. The van der Waals surface area contributed by atoms with Gasteiger partial charge in [0.1, 0.15) is 5.75 Å². The lowest BCUT2D eigenvalue weighted by Gasteiger charge is -2.08. The first-order valence-corrected chi connectivity index (χ1v) is 5.31. The molecule has 1 aromatic carbocycles. The Bertz CT molecular complexity index is 616. The summed E-state index contributed by atoms with van der Waals surface area (Å²) in [6.45, 7) is 0. The van der Waals surface area contributed by atoms with Crippen molar-refractivity contribution in [2.45, 2.75) is 0 Å². The standard InChI is InChI=1S/C12H11N3O4/c1-18-12-3-2-8(6-10(12)15(16)17)19-11-4-5-14-7-9(11)13/h2-7H,13H2,1H3. The number of hydrogen-bond donors (Lipinski definition) is 1. The minimum Gasteiger partial charge on any atom is -0.490 e. The molecule has 0 amide bonds. The summed E-state index contributed by atoms with van der Waals surface area (Å²) in [6.07, 6.45) is 2.96. The van der Waals surface area contributed by atoms with Crippen molar-refractivity contribution >= 4 is 11.4 Å². The van der Waals surface area contributed by atoms with Crippen molar-refractivity contribution in [1.29, 1.82) is 0 Å². The topological polar surface area (TPSA) is 101 Å². The Hall–Kier alpha value is -2.83. The number of nitro benzene ring substituents is 1. The van der Waals surface area contributed by atoms with Crippen molar-refractivity contribution in [2.24, 2.45) is 0 Å². The molecule has 0 saturated carbocycles. The molecule has 0 bridgehead atoms. The van der Waals surface area contributed by atoms with E-state index in [1.165, 1.54) is 31.6 Å². The van der Waals surface area contributed by atoms with Gasteiger partial charge < -0.3 is 15.2 Å². The number of rotatable bonds is 4. The summed E-state index contributed by atoms with van der Waals surface area (Å²) in [5.74, 6) is 0.847. The molecule has 0 unspecified atom stereocenters. The minimum absolute atomic E-state index is 0.167. The number of ether oxygens (including phenoxy) is 2. The van der Waals surface area contributed by atoms with Crippen molar-refractivity contribution in [1.82, 2.24) is 4.98 Å². The molecule has 19 heavy (non-hydrogen) atoms. The van der Waals surface area contributed by atoms with Gasteiger partial charge in [-0.15, -0.1) is 0 Å². The lowest BCUT2D eigenvalue weighted by molar-refractivity contribution is -0.385. The van der Waals surface area contributed by atoms with Gasteiger partial charge in [-0.05, 0) is 12.1 Å². The predicted octanol–water partition coefficient (Wildman–Crippen LogP) is 2.37. The van der Waals surface area contributed by atoms with Gasteiger partial charge in [0.05, 0.1) is 30.0 Å². The van der Waals surface area contributed by atoms with E-state index in [0.717, 1.165) is 0 Å². The third kappa shape index (κ3) is 2.71. The molecule has 7 nitrogen and oxygen atoms in total. The highest BCUT2D eigenvalue weighted by Gasteiger charge is 2.16. The highest BCUT2D eigenvalue weighted by atomic mass is 16.6. The second kappa shape index (κ2) is 5.21. The van der Waals surface area contributed by atoms with E-state index >= 15 is 0 Å². The van der Waals surface area contributed by atoms with Crippen LogP contribution < -0.4 is 15.2 Å². The Labute approximate surface area is 108 Å². The minimum atomic E-state index is -0.540. The zero-order valence-corrected chi connectivity index (χ0v) is 10.1. The maximum atomic E-state index is 10.9. The van der Waals surface area contributed by atoms with E-state index < -0.39 is 4.92 Å². The van der Waals surface area contributed by atoms with Gasteiger partial charge in [-0.2, -0.15) is 0 Å². The molecule has 0 aliphatic rings. The lowest BCUT2D eigenvalue weighted by Crippen LogP contribution is -1.96. The molecule has 0 fully saturated rings. The van der Waals surface area contributed by atoms with E-state index in [-0.39, 0.29) is 11.4 Å². The normalized spacial score (nSPS) is 9.95. The lowest BCUT2D eigenvalue weighted by atomic mass is 10.2. The van der Waals surface area contributed by atoms with E-state index in [2.05, 4.69) is 4.98 Å². The Balaban J connectivity index is 2.34. The van der Waals surface area contributed by atoms with E-state index in [1.54, 1.807) is 12.1 Å². The van der Waals surface area contributed by atoms with E-state index in [0.29, 0.717) is 17.2 Å². The predicted molar refractivity (Wildman–Crippen MR) is 68.4 cm³/mol. The quantitative estimate of drug-likeness (QED) is 0.669. The maximum Gasteiger partial charge on any atom is 0.314 e. The van der Waals surface area contributed by atoms with Crippen molar-refractivity contribution in [3.63, 3.8) is 0 Å². The molecular formula is C12H11N3O4. The SMILES string of the molecule is COc1ccc(Oc2ccncc2N)cc1[N+](=O)[O-]. The molecule has 2 aromatic rings. The Morgan fingerprint density at radius 1 is 1.32 bits per heavy atom. The van der Waals surface area contributed by atoms with Crippen LogP contribution in [0.2, 0.25) is 0 Å². The fraction of sp³-hybridized carbons (Fsp3) is 0.0833. The van der Waals surface area contributed by atoms with Crippen LogP contribution >= 0.6 is 0 Å². The second-order valence-corrected chi connectivity index (χ2v) is 3.61. The largest absolute Gasteiger partial charge is 0.490 e. The third-order valence-electron chi connectivity index (χ3n) is 2.38. The van der Waals surface area contributed by atoms with Crippen molar-refractivity contribution in [3.05, 3.63) is 46.8 Å². The summed E-state index contributed by atoms with van der Waals surface area (Å²) in [5, 5.41) is 10.9. The number of nitrogen functional groups attached to an aromatic ring is 1. The van der Waals surface area contributed by atoms with Crippen LogP contribution in [-0.4, -0.2) is 17.0 Å². The zero-order chi connectivity index (χ0) is 13.8. The van der Waals surface area contributed by atoms with Gasteiger partial charge in [-0.3, -0.25) is 15.1 Å². The summed E-state index contributed by atoms with van der Waals surface area (Å²) >= 11 is 0. The van der Waals surface area contributed by atoms with Crippen LogP contribution in [0.25, 0.3) is 0 Å². The van der Waals surface area contributed by atoms with Gasteiger partial charge in [0.15, 0.2) is 11.5 Å².